The molecule has 0 amide bonds. The van der Waals surface area contributed by atoms with E-state index in [0.29, 0.717) is 16.5 Å². The Morgan fingerprint density at radius 3 is 3.00 bits per heavy atom. The molecule has 1 atom stereocenters. The summed E-state index contributed by atoms with van der Waals surface area (Å²) in [6, 6.07) is 4.10. The van der Waals surface area contributed by atoms with Gasteiger partial charge < -0.3 is 20.3 Å². The largest absolute Gasteiger partial charge is 0.385 e. The van der Waals surface area contributed by atoms with E-state index in [1.54, 1.807) is 13.3 Å². The highest BCUT2D eigenvalue weighted by Crippen LogP contribution is 2.43. The van der Waals surface area contributed by atoms with Crippen LogP contribution >= 0.6 is 11.6 Å². The van der Waals surface area contributed by atoms with Gasteiger partial charge in [0, 0.05) is 52.6 Å². The quantitative estimate of drug-likeness (QED) is 0.563. The predicted molar refractivity (Wildman–Crippen MR) is 107 cm³/mol. The molecule has 6 nitrogen and oxygen atoms in total. The van der Waals surface area contributed by atoms with E-state index >= 15 is 0 Å². The number of nitrogens with zero attached hydrogens (tertiary/aromatic N) is 3. The maximum absolute atomic E-state index is 6.28. The first-order valence-electron chi connectivity index (χ1n) is 9.47. The molecule has 1 saturated heterocycles. The summed E-state index contributed by atoms with van der Waals surface area (Å²) in [6.45, 7) is 3.62. The average molecular weight is 380 g/mol. The zero-order chi connectivity index (χ0) is 18.4. The van der Waals surface area contributed by atoms with E-state index in [2.05, 4.69) is 25.5 Å². The van der Waals surface area contributed by atoms with E-state index in [1.807, 2.05) is 19.2 Å². The normalized spacial score (nSPS) is 22.2. The van der Waals surface area contributed by atoms with Crippen LogP contribution in [0.1, 0.15) is 32.1 Å². The average Bonchev–Trinajstić information content (AvgIpc) is 3.08. The number of hydrogen-bond acceptors (Lipinski definition) is 4. The van der Waals surface area contributed by atoms with Gasteiger partial charge in [0.25, 0.3) is 0 Å². The lowest BCUT2D eigenvalue weighted by Crippen LogP contribution is -2.49. The van der Waals surface area contributed by atoms with Crippen LogP contribution in [0.3, 0.4) is 0 Å². The number of guanidine groups is 1. The molecule has 2 fully saturated rings. The van der Waals surface area contributed by atoms with Crippen molar-refractivity contribution in [2.75, 3.05) is 45.3 Å². The van der Waals surface area contributed by atoms with Crippen molar-refractivity contribution in [3.63, 3.8) is 0 Å². The molecule has 1 aromatic heterocycles. The van der Waals surface area contributed by atoms with Gasteiger partial charge in [0.1, 0.15) is 5.82 Å². The number of ether oxygens (including phenoxy) is 1. The van der Waals surface area contributed by atoms with E-state index in [9.17, 15) is 0 Å². The molecule has 0 aromatic carbocycles. The van der Waals surface area contributed by atoms with E-state index in [4.69, 9.17) is 16.3 Å². The van der Waals surface area contributed by atoms with Gasteiger partial charge in [-0.15, -0.1) is 0 Å². The summed E-state index contributed by atoms with van der Waals surface area (Å²) in [5.74, 6) is 1.75. The Hall–Kier alpha value is -1.53. The van der Waals surface area contributed by atoms with Gasteiger partial charge in [-0.05, 0) is 43.2 Å². The highest BCUT2D eigenvalue weighted by molar-refractivity contribution is 6.32. The van der Waals surface area contributed by atoms with Gasteiger partial charge >= 0.3 is 0 Å². The van der Waals surface area contributed by atoms with Gasteiger partial charge in [0.15, 0.2) is 5.96 Å². The van der Waals surface area contributed by atoms with Crippen LogP contribution in [0.5, 0.6) is 0 Å². The van der Waals surface area contributed by atoms with E-state index in [-0.39, 0.29) is 0 Å². The molecule has 0 bridgehead atoms. The SMILES string of the molecule is CN=C(NCC1(CCOC)CCC1)NC1CCN(c2ncccc2Cl)C1. The molecule has 2 heterocycles. The number of anilines is 1. The summed E-state index contributed by atoms with van der Waals surface area (Å²) in [4.78, 5) is 11.1. The van der Waals surface area contributed by atoms with Crippen molar-refractivity contribution < 1.29 is 4.74 Å². The number of pyridine rings is 1. The number of rotatable bonds is 7. The number of aromatic nitrogens is 1. The van der Waals surface area contributed by atoms with Crippen LogP contribution in [-0.2, 0) is 4.74 Å². The molecule has 1 saturated carbocycles. The minimum Gasteiger partial charge on any atom is -0.385 e. The first-order valence-corrected chi connectivity index (χ1v) is 9.85. The number of nitrogens with one attached hydrogen (secondary N) is 2. The fraction of sp³-hybridized carbons (Fsp3) is 0.684. The van der Waals surface area contributed by atoms with Crippen molar-refractivity contribution in [1.82, 2.24) is 15.6 Å². The third kappa shape index (κ3) is 4.60. The fourth-order valence-electron chi connectivity index (χ4n) is 3.85. The third-order valence-electron chi connectivity index (χ3n) is 5.67. The van der Waals surface area contributed by atoms with Crippen LogP contribution in [0, 0.1) is 5.41 Å². The maximum Gasteiger partial charge on any atom is 0.191 e. The molecule has 2 aliphatic rings. The standard InChI is InChI=1S/C19H30ClN5O/c1-21-18(23-14-19(7-4-8-19)9-12-26-2)24-15-6-11-25(13-15)17-16(20)5-3-10-22-17/h3,5,10,15H,4,6-9,11-14H2,1-2H3,(H2,21,23,24). The molecule has 144 valence electrons. The van der Waals surface area contributed by atoms with Crippen LogP contribution < -0.4 is 15.5 Å². The van der Waals surface area contributed by atoms with Crippen molar-refractivity contribution >= 4 is 23.4 Å². The summed E-state index contributed by atoms with van der Waals surface area (Å²) in [7, 11) is 3.61. The maximum atomic E-state index is 6.28. The molecule has 26 heavy (non-hydrogen) atoms. The predicted octanol–water partition coefficient (Wildman–Crippen LogP) is 2.69. The Kier molecular flexibility index (Phi) is 6.59. The molecule has 3 rings (SSSR count). The second-order valence-electron chi connectivity index (χ2n) is 7.41. The van der Waals surface area contributed by atoms with Gasteiger partial charge in [-0.1, -0.05) is 18.0 Å². The number of methoxy groups -OCH3 is 1. The highest BCUT2D eigenvalue weighted by atomic mass is 35.5. The molecular weight excluding hydrogens is 350 g/mol. The molecule has 2 N–H and O–H groups in total. The van der Waals surface area contributed by atoms with Gasteiger partial charge in [0.05, 0.1) is 5.02 Å². The zero-order valence-electron chi connectivity index (χ0n) is 15.8. The van der Waals surface area contributed by atoms with Crippen LogP contribution in [-0.4, -0.2) is 57.4 Å². The van der Waals surface area contributed by atoms with Gasteiger partial charge in [-0.2, -0.15) is 0 Å². The first-order chi connectivity index (χ1) is 12.7. The Balaban J connectivity index is 1.49. The zero-order valence-corrected chi connectivity index (χ0v) is 16.6. The number of halogens is 1. The minimum absolute atomic E-state index is 0.343. The van der Waals surface area contributed by atoms with E-state index in [0.717, 1.165) is 50.9 Å². The Morgan fingerprint density at radius 2 is 2.35 bits per heavy atom. The minimum atomic E-state index is 0.343. The third-order valence-corrected chi connectivity index (χ3v) is 5.97. The molecule has 7 heteroatoms. The summed E-state index contributed by atoms with van der Waals surface area (Å²) in [5, 5.41) is 7.80. The highest BCUT2D eigenvalue weighted by Gasteiger charge is 2.36. The molecule has 1 aromatic rings. The Morgan fingerprint density at radius 1 is 1.50 bits per heavy atom. The lowest BCUT2D eigenvalue weighted by atomic mass is 9.67. The molecule has 0 radical (unpaired) electrons. The Bertz CT molecular complexity index is 620. The summed E-state index contributed by atoms with van der Waals surface area (Å²) >= 11 is 6.28. The van der Waals surface area contributed by atoms with E-state index < -0.39 is 0 Å². The van der Waals surface area contributed by atoms with Crippen LogP contribution in [0.4, 0.5) is 5.82 Å². The summed E-state index contributed by atoms with van der Waals surface area (Å²) in [5.41, 5.74) is 0.372. The lowest BCUT2D eigenvalue weighted by molar-refractivity contribution is 0.0732. The molecule has 1 aliphatic heterocycles. The smallest absolute Gasteiger partial charge is 0.191 e. The van der Waals surface area contributed by atoms with Crippen LogP contribution in [0.25, 0.3) is 0 Å². The second kappa shape index (κ2) is 8.91. The van der Waals surface area contributed by atoms with Crippen molar-refractivity contribution in [3.05, 3.63) is 23.4 Å². The lowest BCUT2D eigenvalue weighted by Gasteiger charge is -2.42. The van der Waals surface area contributed by atoms with Crippen molar-refractivity contribution in [2.24, 2.45) is 10.4 Å². The topological polar surface area (TPSA) is 61.8 Å². The van der Waals surface area contributed by atoms with Crippen molar-refractivity contribution in [2.45, 2.75) is 38.1 Å². The second-order valence-corrected chi connectivity index (χ2v) is 7.81. The summed E-state index contributed by atoms with van der Waals surface area (Å²) in [6.07, 6.45) is 7.82. The van der Waals surface area contributed by atoms with Crippen LogP contribution in [0.2, 0.25) is 5.02 Å². The monoisotopic (exact) mass is 379 g/mol. The summed E-state index contributed by atoms with van der Waals surface area (Å²) < 4.78 is 5.28. The first kappa shape index (κ1) is 19.2. The Labute approximate surface area is 161 Å². The fourth-order valence-corrected chi connectivity index (χ4v) is 4.09. The van der Waals surface area contributed by atoms with Crippen molar-refractivity contribution in [3.8, 4) is 0 Å². The van der Waals surface area contributed by atoms with Crippen LogP contribution in [0.15, 0.2) is 23.3 Å². The van der Waals surface area contributed by atoms with Crippen molar-refractivity contribution in [1.29, 1.82) is 0 Å². The number of hydrogen-bond donors (Lipinski definition) is 2. The molecule has 0 spiro atoms. The molecular formula is C19H30ClN5O. The molecule has 1 unspecified atom stereocenters. The number of aliphatic imine (C=N–C) groups is 1. The van der Waals surface area contributed by atoms with Gasteiger partial charge in [-0.3, -0.25) is 4.99 Å². The molecule has 1 aliphatic carbocycles. The van der Waals surface area contributed by atoms with Gasteiger partial charge in [-0.25, -0.2) is 4.98 Å². The van der Waals surface area contributed by atoms with Gasteiger partial charge in [0.2, 0.25) is 0 Å². The van der Waals surface area contributed by atoms with E-state index in [1.165, 1.54) is 19.3 Å².